The van der Waals surface area contributed by atoms with Gasteiger partial charge in [0.05, 0.1) is 26.3 Å². The summed E-state index contributed by atoms with van der Waals surface area (Å²) in [6.07, 6.45) is 3.57. The van der Waals surface area contributed by atoms with Crippen LogP contribution in [0.25, 0.3) is 0 Å². The van der Waals surface area contributed by atoms with Crippen molar-refractivity contribution in [3.63, 3.8) is 0 Å². The lowest BCUT2D eigenvalue weighted by Gasteiger charge is -2.24. The van der Waals surface area contributed by atoms with Gasteiger partial charge in [-0.2, -0.15) is 0 Å². The monoisotopic (exact) mass is 559 g/mol. The van der Waals surface area contributed by atoms with Crippen molar-refractivity contribution in [3.05, 3.63) is 0 Å². The average Bonchev–Trinajstić information content (AvgIpc) is 2.89. The van der Waals surface area contributed by atoms with Crippen LogP contribution in [0.2, 0.25) is 0 Å². The zero-order valence-electron chi connectivity index (χ0n) is 23.8. The molecule has 0 aliphatic rings. The smallest absolute Gasteiger partial charge is 0.312 e. The van der Waals surface area contributed by atoms with Crippen LogP contribution in [0.4, 0.5) is 4.79 Å². The average molecular weight is 560 g/mol. The van der Waals surface area contributed by atoms with Crippen molar-refractivity contribution in [2.24, 2.45) is 23.3 Å². The third kappa shape index (κ3) is 20.0. The Balaban J connectivity index is 4.95. The first-order valence-corrected chi connectivity index (χ1v) is 13.7. The van der Waals surface area contributed by atoms with Crippen molar-refractivity contribution < 1.29 is 38.5 Å². The molecule has 7 N–H and O–H groups in total. The predicted molar refractivity (Wildman–Crippen MR) is 145 cm³/mol. The van der Waals surface area contributed by atoms with Crippen LogP contribution in [0.3, 0.4) is 0 Å². The maximum absolute atomic E-state index is 13.2. The van der Waals surface area contributed by atoms with Gasteiger partial charge in [0.2, 0.25) is 11.8 Å². The Morgan fingerprint density at radius 3 is 2.23 bits per heavy atom. The molecule has 13 nitrogen and oxygen atoms in total. The van der Waals surface area contributed by atoms with Gasteiger partial charge < -0.3 is 32.2 Å². The fraction of sp³-hybridized carbons (Fsp3) is 0.808. The molecule has 0 saturated carbocycles. The van der Waals surface area contributed by atoms with E-state index in [9.17, 15) is 24.0 Å². The van der Waals surface area contributed by atoms with Crippen molar-refractivity contribution >= 4 is 29.4 Å². The number of carbonyl (C=O) groups excluding carboxylic acids is 5. The molecule has 0 aromatic heterocycles. The Morgan fingerprint density at radius 1 is 0.872 bits per heavy atom. The van der Waals surface area contributed by atoms with Gasteiger partial charge in [0.25, 0.3) is 0 Å². The Hall–Kier alpha value is -2.61. The molecule has 0 aliphatic heterocycles. The Kier molecular flexibility index (Phi) is 21.7. The second-order valence-electron chi connectivity index (χ2n) is 9.65. The minimum atomic E-state index is -0.759. The lowest BCUT2D eigenvalue weighted by molar-refractivity contribution is -0.272. The summed E-state index contributed by atoms with van der Waals surface area (Å²) in [5.74, 6) is -2.03. The van der Waals surface area contributed by atoms with Gasteiger partial charge in [0.15, 0.2) is 11.6 Å². The van der Waals surface area contributed by atoms with Gasteiger partial charge in [0.1, 0.15) is 0 Å². The summed E-state index contributed by atoms with van der Waals surface area (Å²) in [6, 6.07) is -1.44. The van der Waals surface area contributed by atoms with Gasteiger partial charge in [-0.25, -0.2) is 14.6 Å². The molecular formula is C26H49N5O8. The van der Waals surface area contributed by atoms with Crippen LogP contribution in [-0.4, -0.2) is 82.0 Å². The third-order valence-corrected chi connectivity index (χ3v) is 5.87. The van der Waals surface area contributed by atoms with Crippen molar-refractivity contribution in [2.45, 2.75) is 77.7 Å². The van der Waals surface area contributed by atoms with E-state index in [1.54, 1.807) is 0 Å². The lowest BCUT2D eigenvalue weighted by Crippen LogP contribution is -2.46. The Bertz CT molecular complexity index is 735. The first kappa shape index (κ1) is 36.4. The number of carbonyl (C=O) groups is 5. The van der Waals surface area contributed by atoms with Crippen LogP contribution in [0.15, 0.2) is 0 Å². The first-order chi connectivity index (χ1) is 18.6. The van der Waals surface area contributed by atoms with E-state index in [1.807, 2.05) is 13.8 Å². The van der Waals surface area contributed by atoms with Crippen LogP contribution in [0, 0.1) is 11.8 Å². The number of amides is 4. The molecule has 0 fully saturated rings. The number of nitrogens with one attached hydrogen (secondary N) is 3. The SMILES string of the molecule is COOCCCCC(=O)CNC(=O)C(CCCNC(N)=O)CC(=O)C(NC(=O)CCCOCCCN)C(C)C. The van der Waals surface area contributed by atoms with Crippen molar-refractivity contribution in [1.82, 2.24) is 16.0 Å². The molecule has 0 radical (unpaired) electrons. The number of Topliss-reactive ketones (excluding diaryl/α,β-unsaturated/α-hetero) is 2. The number of hydrogen-bond acceptors (Lipinski definition) is 9. The number of unbranched alkanes of at least 4 members (excludes halogenated alkanes) is 1. The first-order valence-electron chi connectivity index (χ1n) is 13.7. The normalized spacial score (nSPS) is 12.5. The quantitative estimate of drug-likeness (QED) is 0.0607. The fourth-order valence-corrected chi connectivity index (χ4v) is 3.73. The molecule has 0 aliphatic carbocycles. The van der Waals surface area contributed by atoms with E-state index in [0.717, 1.165) is 6.42 Å². The summed E-state index contributed by atoms with van der Waals surface area (Å²) in [4.78, 5) is 70.9. The van der Waals surface area contributed by atoms with Gasteiger partial charge in [-0.3, -0.25) is 19.2 Å². The van der Waals surface area contributed by atoms with Crippen LogP contribution >= 0.6 is 0 Å². The minimum Gasteiger partial charge on any atom is -0.381 e. The molecule has 0 bridgehead atoms. The summed E-state index contributed by atoms with van der Waals surface area (Å²) >= 11 is 0. The highest BCUT2D eigenvalue weighted by molar-refractivity contribution is 5.93. The fourth-order valence-electron chi connectivity index (χ4n) is 3.73. The van der Waals surface area contributed by atoms with Crippen LogP contribution in [-0.2, 0) is 33.7 Å². The Labute approximate surface area is 231 Å². The molecule has 2 atom stereocenters. The van der Waals surface area contributed by atoms with Gasteiger partial charge in [0, 0.05) is 44.9 Å². The minimum absolute atomic E-state index is 0.115. The van der Waals surface area contributed by atoms with Crippen molar-refractivity contribution in [1.29, 1.82) is 0 Å². The highest BCUT2D eigenvalue weighted by atomic mass is 17.2. The number of hydrogen-bond donors (Lipinski definition) is 5. The summed E-state index contributed by atoms with van der Waals surface area (Å²) in [7, 11) is 1.41. The molecule has 226 valence electrons. The van der Waals surface area contributed by atoms with E-state index in [-0.39, 0.29) is 55.7 Å². The highest BCUT2D eigenvalue weighted by Gasteiger charge is 2.29. The second-order valence-corrected chi connectivity index (χ2v) is 9.65. The molecule has 0 heterocycles. The number of nitrogens with two attached hydrogens (primary N) is 2. The summed E-state index contributed by atoms with van der Waals surface area (Å²) in [6.45, 7) is 5.62. The van der Waals surface area contributed by atoms with E-state index in [4.69, 9.17) is 21.1 Å². The van der Waals surface area contributed by atoms with E-state index < -0.39 is 23.9 Å². The zero-order valence-corrected chi connectivity index (χ0v) is 23.8. The number of primary amides is 1. The number of urea groups is 1. The van der Waals surface area contributed by atoms with E-state index in [1.165, 1.54) is 7.11 Å². The molecule has 2 unspecified atom stereocenters. The highest BCUT2D eigenvalue weighted by Crippen LogP contribution is 2.16. The van der Waals surface area contributed by atoms with Gasteiger partial charge >= 0.3 is 6.03 Å². The van der Waals surface area contributed by atoms with Crippen molar-refractivity contribution in [2.75, 3.05) is 46.6 Å². The number of ether oxygens (including phenoxy) is 1. The van der Waals surface area contributed by atoms with Crippen LogP contribution in [0.1, 0.15) is 71.6 Å². The predicted octanol–water partition coefficient (Wildman–Crippen LogP) is 0.730. The maximum atomic E-state index is 13.2. The van der Waals surface area contributed by atoms with Crippen LogP contribution < -0.4 is 27.4 Å². The number of ketones is 2. The molecule has 0 aromatic rings. The number of rotatable bonds is 25. The molecule has 0 saturated heterocycles. The second kappa shape index (κ2) is 23.3. The van der Waals surface area contributed by atoms with Gasteiger partial charge in [-0.05, 0) is 51.0 Å². The summed E-state index contributed by atoms with van der Waals surface area (Å²) in [5, 5.41) is 7.88. The maximum Gasteiger partial charge on any atom is 0.312 e. The zero-order chi connectivity index (χ0) is 29.5. The third-order valence-electron chi connectivity index (χ3n) is 5.87. The standard InChI is InChI=1S/C26H49N5O8/c1-19(2)24(31-23(34)11-7-14-38-15-8-12-27)22(33)17-20(9-6-13-29-26(28)36)25(35)30-18-21(32)10-4-5-16-39-37-3/h19-20,24H,4-18,27H2,1-3H3,(H,30,35)(H,31,34)(H3,28,29,36). The molecule has 39 heavy (non-hydrogen) atoms. The van der Waals surface area contributed by atoms with Crippen LogP contribution in [0.5, 0.6) is 0 Å². The Morgan fingerprint density at radius 2 is 1.59 bits per heavy atom. The van der Waals surface area contributed by atoms with E-state index in [0.29, 0.717) is 58.5 Å². The molecule has 0 rings (SSSR count). The summed E-state index contributed by atoms with van der Waals surface area (Å²) < 4.78 is 5.40. The summed E-state index contributed by atoms with van der Waals surface area (Å²) in [5.41, 5.74) is 10.5. The van der Waals surface area contributed by atoms with E-state index in [2.05, 4.69) is 20.8 Å². The largest absolute Gasteiger partial charge is 0.381 e. The van der Waals surface area contributed by atoms with E-state index >= 15 is 0 Å². The van der Waals surface area contributed by atoms with Gasteiger partial charge in [-0.1, -0.05) is 13.8 Å². The van der Waals surface area contributed by atoms with Crippen molar-refractivity contribution in [3.8, 4) is 0 Å². The molecule has 0 aromatic carbocycles. The molecule has 13 heteroatoms. The molecule has 0 spiro atoms. The van der Waals surface area contributed by atoms with Gasteiger partial charge in [-0.15, -0.1) is 0 Å². The molecule has 4 amide bonds. The topological polar surface area (TPSA) is 201 Å². The lowest BCUT2D eigenvalue weighted by atomic mass is 9.89. The molecular weight excluding hydrogens is 510 g/mol.